The molecule has 1 aromatic heterocycles. The van der Waals surface area contributed by atoms with E-state index in [4.69, 9.17) is 0 Å². The van der Waals surface area contributed by atoms with E-state index >= 15 is 0 Å². The summed E-state index contributed by atoms with van der Waals surface area (Å²) in [4.78, 5) is 11.1. The fourth-order valence-corrected chi connectivity index (χ4v) is 4.27. The van der Waals surface area contributed by atoms with E-state index in [1.54, 1.807) is 0 Å². The Bertz CT molecular complexity index is 383. The van der Waals surface area contributed by atoms with Gasteiger partial charge in [0.05, 0.1) is 5.69 Å². The van der Waals surface area contributed by atoms with E-state index < -0.39 is 0 Å². The van der Waals surface area contributed by atoms with E-state index in [0.29, 0.717) is 0 Å². The van der Waals surface area contributed by atoms with Crippen molar-refractivity contribution >= 4 is 60.3 Å². The molecule has 1 aliphatic heterocycles. The molecule has 0 unspecified atom stereocenters. The van der Waals surface area contributed by atoms with Crippen LogP contribution < -0.4 is 0 Å². The van der Waals surface area contributed by atoms with Crippen LogP contribution in [0, 0.1) is 6.92 Å². The first-order chi connectivity index (χ1) is 8.69. The van der Waals surface area contributed by atoms with Crippen LogP contribution >= 0.6 is 60.3 Å². The van der Waals surface area contributed by atoms with Gasteiger partial charge < -0.3 is 9.80 Å². The summed E-state index contributed by atoms with van der Waals surface area (Å²) in [6, 6.07) is 0. The number of halogens is 3. The number of thiazole rings is 1. The number of rotatable bonds is 5. The second kappa shape index (κ2) is 12.2. The van der Waals surface area contributed by atoms with E-state index in [2.05, 4.69) is 35.7 Å². The number of nitrogens with zero attached hydrogens (tertiary/aromatic N) is 3. The Kier molecular flexibility index (Phi) is 14.0. The number of aromatic nitrogens is 1. The van der Waals surface area contributed by atoms with Crippen molar-refractivity contribution in [3.8, 4) is 0 Å². The second-order valence-electron chi connectivity index (χ2n) is 4.82. The number of hydrogen-bond acceptors (Lipinski definition) is 5. The molecule has 0 atom stereocenters. The summed E-state index contributed by atoms with van der Waals surface area (Å²) in [6.45, 7) is 10.4. The van der Waals surface area contributed by atoms with Crippen LogP contribution in [0.2, 0.25) is 0 Å². The third-order valence-corrected chi connectivity index (χ3v) is 5.63. The van der Waals surface area contributed by atoms with Gasteiger partial charge in [0.1, 0.15) is 4.34 Å². The first-order valence-corrected chi connectivity index (χ1v) is 8.49. The lowest BCUT2D eigenvalue weighted by molar-refractivity contribution is 0.155. The molecule has 0 radical (unpaired) electrons. The van der Waals surface area contributed by atoms with Gasteiger partial charge >= 0.3 is 0 Å². The number of piperazine rings is 1. The Hall–Kier alpha value is 0.770. The summed E-state index contributed by atoms with van der Waals surface area (Å²) in [6.07, 6.45) is 1.16. The Labute approximate surface area is 155 Å². The van der Waals surface area contributed by atoms with Gasteiger partial charge in [-0.05, 0) is 26.1 Å². The smallest absolute Gasteiger partial charge is 0.150 e. The minimum atomic E-state index is 0. The minimum Gasteiger partial charge on any atom is -0.304 e. The molecule has 3 nitrogen and oxygen atoms in total. The summed E-state index contributed by atoms with van der Waals surface area (Å²) in [5.74, 6) is 1.12. The summed E-state index contributed by atoms with van der Waals surface area (Å²) >= 11 is 3.75. The van der Waals surface area contributed by atoms with Crippen molar-refractivity contribution in [2.24, 2.45) is 0 Å². The molecule has 0 spiro atoms. The molecule has 0 aliphatic carbocycles. The molecular weight excluding hydrogens is 369 g/mol. The van der Waals surface area contributed by atoms with Gasteiger partial charge in [0.25, 0.3) is 0 Å². The molecule has 1 aromatic rings. The predicted octanol–water partition coefficient (Wildman–Crippen LogP) is 3.62. The third kappa shape index (κ3) is 7.73. The van der Waals surface area contributed by atoms with Crippen LogP contribution in [-0.2, 0) is 6.42 Å². The SMILES string of the molecule is CCSc1nc(C)c(CCN2CCN(C)CC2)s1.Cl.Cl.Cl. The van der Waals surface area contributed by atoms with Gasteiger partial charge in [0.2, 0.25) is 0 Å². The first-order valence-electron chi connectivity index (χ1n) is 6.69. The zero-order valence-corrected chi connectivity index (χ0v) is 16.9. The van der Waals surface area contributed by atoms with Gasteiger partial charge in [-0.3, -0.25) is 0 Å². The average molecular weight is 395 g/mol. The molecule has 126 valence electrons. The largest absolute Gasteiger partial charge is 0.304 e. The third-order valence-electron chi connectivity index (χ3n) is 3.39. The minimum absolute atomic E-state index is 0. The summed E-state index contributed by atoms with van der Waals surface area (Å²) in [7, 11) is 2.21. The van der Waals surface area contributed by atoms with Crippen molar-refractivity contribution in [3.63, 3.8) is 0 Å². The monoisotopic (exact) mass is 393 g/mol. The molecule has 1 saturated heterocycles. The van der Waals surface area contributed by atoms with Crippen LogP contribution in [0.3, 0.4) is 0 Å². The Balaban J connectivity index is 0. The normalized spacial score (nSPS) is 15.8. The quantitative estimate of drug-likeness (QED) is 0.710. The zero-order chi connectivity index (χ0) is 13.0. The molecule has 0 bridgehead atoms. The van der Waals surface area contributed by atoms with Crippen LogP contribution in [0.4, 0.5) is 0 Å². The number of likely N-dealkylation sites (N-methyl/N-ethyl adjacent to an activating group) is 1. The van der Waals surface area contributed by atoms with Crippen LogP contribution in [0.15, 0.2) is 4.34 Å². The van der Waals surface area contributed by atoms with Crippen molar-refractivity contribution in [1.82, 2.24) is 14.8 Å². The van der Waals surface area contributed by atoms with Gasteiger partial charge in [-0.25, -0.2) is 4.98 Å². The molecule has 21 heavy (non-hydrogen) atoms. The highest BCUT2D eigenvalue weighted by Crippen LogP contribution is 2.27. The Morgan fingerprint density at radius 2 is 1.76 bits per heavy atom. The number of thioether (sulfide) groups is 1. The summed E-state index contributed by atoms with van der Waals surface area (Å²) in [5, 5.41) is 0. The molecule has 1 aliphatic rings. The lowest BCUT2D eigenvalue weighted by atomic mass is 10.2. The van der Waals surface area contributed by atoms with Crippen LogP contribution in [0.5, 0.6) is 0 Å². The van der Waals surface area contributed by atoms with E-state index in [0.717, 1.165) is 12.2 Å². The van der Waals surface area contributed by atoms with Crippen molar-refractivity contribution in [3.05, 3.63) is 10.6 Å². The summed E-state index contributed by atoms with van der Waals surface area (Å²) in [5.41, 5.74) is 1.24. The topological polar surface area (TPSA) is 19.4 Å². The lowest BCUT2D eigenvalue weighted by Gasteiger charge is -2.32. The first kappa shape index (κ1) is 24.0. The van der Waals surface area contributed by atoms with Crippen molar-refractivity contribution < 1.29 is 0 Å². The second-order valence-corrected chi connectivity index (χ2v) is 7.41. The highest BCUT2D eigenvalue weighted by Gasteiger charge is 2.15. The maximum Gasteiger partial charge on any atom is 0.150 e. The van der Waals surface area contributed by atoms with Crippen molar-refractivity contribution in [2.45, 2.75) is 24.6 Å². The molecule has 1 fully saturated rings. The highest BCUT2D eigenvalue weighted by molar-refractivity contribution is 8.01. The van der Waals surface area contributed by atoms with Gasteiger partial charge in [0.15, 0.2) is 0 Å². The van der Waals surface area contributed by atoms with E-state index in [1.807, 2.05) is 23.1 Å². The molecular formula is C13H26Cl3N3S2. The fraction of sp³-hybridized carbons (Fsp3) is 0.769. The van der Waals surface area contributed by atoms with Crippen LogP contribution in [-0.4, -0.2) is 60.3 Å². The molecule has 2 rings (SSSR count). The van der Waals surface area contributed by atoms with E-state index in [1.165, 1.54) is 47.6 Å². The molecule has 0 saturated carbocycles. The fourth-order valence-electron chi connectivity index (χ4n) is 2.15. The average Bonchev–Trinajstić information content (AvgIpc) is 2.70. The van der Waals surface area contributed by atoms with Crippen LogP contribution in [0.1, 0.15) is 17.5 Å². The van der Waals surface area contributed by atoms with Crippen molar-refractivity contribution in [2.75, 3.05) is 45.5 Å². The van der Waals surface area contributed by atoms with Gasteiger partial charge in [-0.1, -0.05) is 18.7 Å². The molecule has 2 heterocycles. The molecule has 8 heteroatoms. The standard InChI is InChI=1S/C13H23N3S2.3ClH/c1-4-17-13-14-11(2)12(18-13)5-6-16-9-7-15(3)8-10-16;;;/h4-10H2,1-3H3;3*1H. The maximum absolute atomic E-state index is 4.63. The lowest BCUT2D eigenvalue weighted by Crippen LogP contribution is -2.45. The highest BCUT2D eigenvalue weighted by atomic mass is 35.5. The zero-order valence-electron chi connectivity index (χ0n) is 12.8. The van der Waals surface area contributed by atoms with Crippen molar-refractivity contribution in [1.29, 1.82) is 0 Å². The van der Waals surface area contributed by atoms with Crippen LogP contribution in [0.25, 0.3) is 0 Å². The van der Waals surface area contributed by atoms with Gasteiger partial charge in [-0.15, -0.1) is 48.6 Å². The molecule has 0 aromatic carbocycles. The van der Waals surface area contributed by atoms with E-state index in [-0.39, 0.29) is 37.2 Å². The van der Waals surface area contributed by atoms with E-state index in [9.17, 15) is 0 Å². The maximum atomic E-state index is 4.63. The van der Waals surface area contributed by atoms with Gasteiger partial charge in [-0.2, -0.15) is 0 Å². The molecule has 0 amide bonds. The predicted molar refractivity (Wildman–Crippen MR) is 103 cm³/mol. The Morgan fingerprint density at radius 1 is 1.14 bits per heavy atom. The van der Waals surface area contributed by atoms with Gasteiger partial charge in [0, 0.05) is 37.6 Å². The Morgan fingerprint density at radius 3 is 2.33 bits per heavy atom. The summed E-state index contributed by atoms with van der Waals surface area (Å²) < 4.78 is 1.24. The number of aryl methyl sites for hydroxylation is 1. The molecule has 0 N–H and O–H groups in total. The number of hydrogen-bond donors (Lipinski definition) is 0.